The second-order valence-corrected chi connectivity index (χ2v) is 13.9. The summed E-state index contributed by atoms with van der Waals surface area (Å²) in [5.74, 6) is -4.19. The standard InChI is InChI=1S/C15H6Cl12O/c1-2-4(28)3-5(12(22)8(18)6(16)10(2,20)14(12,24)25)13(23)9(19)7(17)11(3,21)15(13,26)27/h2-3,5H,1H3/t2-,3-,5-,10-,11-,12-,13-/m0/s1. The van der Waals surface area contributed by atoms with Crippen LogP contribution in [0.2, 0.25) is 0 Å². The Hall–Kier alpha value is 2.63. The van der Waals surface area contributed by atoms with Gasteiger partial charge in [0.05, 0.1) is 26.0 Å². The predicted molar refractivity (Wildman–Crippen MR) is 122 cm³/mol. The SMILES string of the molecule is C[C@H]1C(=O)[C@H]2[C@@H]([C@]3(Cl)C(Cl)=C(Cl)[C@]1(Cl)C3(Cl)Cl)[C@]1(Cl)C(Cl)=C(Cl)[C@]2(Cl)C1(Cl)Cl. The van der Waals surface area contributed by atoms with Crippen LogP contribution < -0.4 is 0 Å². The molecule has 0 radical (unpaired) electrons. The van der Waals surface area contributed by atoms with Gasteiger partial charge in [0.2, 0.25) is 0 Å². The van der Waals surface area contributed by atoms with E-state index in [1.165, 1.54) is 6.92 Å². The molecule has 0 spiro atoms. The fraction of sp³-hybridized carbons (Fsp3) is 0.667. The molecule has 7 atom stereocenters. The minimum absolute atomic E-state index is 0.166. The lowest BCUT2D eigenvalue weighted by Gasteiger charge is -2.47. The highest BCUT2D eigenvalue weighted by atomic mass is 35.5. The first-order chi connectivity index (χ1) is 12.4. The smallest absolute Gasteiger partial charge is 0.167 e. The van der Waals surface area contributed by atoms with Gasteiger partial charge in [0, 0.05) is 11.8 Å². The fourth-order valence-corrected chi connectivity index (χ4v) is 11.1. The van der Waals surface area contributed by atoms with Crippen molar-refractivity contribution in [2.24, 2.45) is 17.8 Å². The summed E-state index contributed by atoms with van der Waals surface area (Å²) in [6, 6.07) is 0. The maximum atomic E-state index is 13.6. The molecule has 2 saturated carbocycles. The van der Waals surface area contributed by atoms with Gasteiger partial charge in [0.1, 0.15) is 25.3 Å². The lowest BCUT2D eigenvalue weighted by atomic mass is 9.71. The summed E-state index contributed by atoms with van der Waals surface area (Å²) in [6.45, 7) is 1.48. The fourth-order valence-electron chi connectivity index (χ4n) is 4.97. The van der Waals surface area contributed by atoms with E-state index in [1.54, 1.807) is 0 Å². The van der Waals surface area contributed by atoms with Crippen molar-refractivity contribution in [1.82, 2.24) is 0 Å². The summed E-state index contributed by atoms with van der Waals surface area (Å²) in [7, 11) is 0. The van der Waals surface area contributed by atoms with Crippen molar-refractivity contribution in [3.63, 3.8) is 0 Å². The maximum absolute atomic E-state index is 13.6. The summed E-state index contributed by atoms with van der Waals surface area (Å²) in [6.07, 6.45) is 0. The minimum atomic E-state index is -2.11. The topological polar surface area (TPSA) is 17.1 Å². The Morgan fingerprint density at radius 1 is 0.607 bits per heavy atom. The van der Waals surface area contributed by atoms with Gasteiger partial charge in [-0.15, -0.1) is 46.4 Å². The molecule has 0 amide bonds. The third kappa shape index (κ3) is 1.92. The first-order valence-electron chi connectivity index (χ1n) is 7.61. The average molecular weight is 628 g/mol. The zero-order chi connectivity index (χ0) is 21.6. The van der Waals surface area contributed by atoms with E-state index in [2.05, 4.69) is 0 Å². The summed E-state index contributed by atoms with van der Waals surface area (Å²) in [4.78, 5) is 5.86. The van der Waals surface area contributed by atoms with E-state index in [1.807, 2.05) is 0 Å². The molecule has 4 rings (SSSR count). The molecule has 4 bridgehead atoms. The molecule has 4 aliphatic carbocycles. The molecule has 13 heteroatoms. The monoisotopic (exact) mass is 622 g/mol. The van der Waals surface area contributed by atoms with Crippen LogP contribution in [-0.2, 0) is 4.79 Å². The molecule has 0 N–H and O–H groups in total. The highest BCUT2D eigenvalue weighted by Crippen LogP contribution is 2.84. The first-order valence-corrected chi connectivity index (χ1v) is 12.2. The molecule has 0 unspecified atom stereocenters. The van der Waals surface area contributed by atoms with E-state index in [9.17, 15) is 4.79 Å². The Kier molecular flexibility index (Phi) is 5.26. The molecule has 0 aromatic carbocycles. The highest BCUT2D eigenvalue weighted by Gasteiger charge is 2.92. The third-order valence-electron chi connectivity index (χ3n) is 6.44. The molecular weight excluding hydrogens is 622 g/mol. The van der Waals surface area contributed by atoms with Crippen LogP contribution >= 0.6 is 139 Å². The average Bonchev–Trinajstić information content (AvgIpc) is 2.86. The largest absolute Gasteiger partial charge is 0.299 e. The molecule has 1 nitrogen and oxygen atoms in total. The van der Waals surface area contributed by atoms with E-state index >= 15 is 0 Å². The second kappa shape index (κ2) is 6.19. The number of hydrogen-bond acceptors (Lipinski definition) is 1. The highest BCUT2D eigenvalue weighted by molar-refractivity contribution is 6.69. The summed E-state index contributed by atoms with van der Waals surface area (Å²) in [5, 5.41) is -0.720. The number of ketones is 1. The van der Waals surface area contributed by atoms with Crippen molar-refractivity contribution in [2.75, 3.05) is 0 Å². The first kappa shape index (κ1) is 23.8. The number of carbonyl (C=O) groups excluding carboxylic acids is 1. The lowest BCUT2D eigenvalue weighted by Crippen LogP contribution is -2.59. The quantitative estimate of drug-likeness (QED) is 0.248. The Bertz CT molecular complexity index is 909. The molecule has 0 aromatic rings. The Labute approximate surface area is 220 Å². The Morgan fingerprint density at radius 2 is 0.929 bits per heavy atom. The van der Waals surface area contributed by atoms with Crippen LogP contribution in [0.4, 0.5) is 0 Å². The van der Waals surface area contributed by atoms with E-state index in [4.69, 9.17) is 139 Å². The lowest BCUT2D eigenvalue weighted by molar-refractivity contribution is -0.128. The summed E-state index contributed by atoms with van der Waals surface area (Å²) >= 11 is 79.9. The van der Waals surface area contributed by atoms with Crippen LogP contribution in [0.15, 0.2) is 20.1 Å². The van der Waals surface area contributed by atoms with E-state index in [0.29, 0.717) is 0 Å². The molecule has 0 heterocycles. The third-order valence-corrected chi connectivity index (χ3v) is 15.0. The van der Waals surface area contributed by atoms with Gasteiger partial charge in [-0.3, -0.25) is 4.79 Å². The maximum Gasteiger partial charge on any atom is 0.167 e. The Balaban J connectivity index is 2.20. The number of rotatable bonds is 0. The van der Waals surface area contributed by atoms with Gasteiger partial charge in [0.25, 0.3) is 0 Å². The molecule has 28 heavy (non-hydrogen) atoms. The number of allylic oxidation sites excluding steroid dienone is 4. The van der Waals surface area contributed by atoms with Crippen molar-refractivity contribution in [2.45, 2.75) is 35.1 Å². The molecule has 4 aliphatic rings. The van der Waals surface area contributed by atoms with Gasteiger partial charge in [-0.25, -0.2) is 0 Å². The van der Waals surface area contributed by atoms with Gasteiger partial charge in [-0.1, -0.05) is 99.7 Å². The number of halogens is 12. The summed E-state index contributed by atoms with van der Waals surface area (Å²) < 4.78 is -4.18. The minimum Gasteiger partial charge on any atom is -0.299 e. The van der Waals surface area contributed by atoms with Crippen molar-refractivity contribution < 1.29 is 4.79 Å². The van der Waals surface area contributed by atoms with Gasteiger partial charge in [-0.2, -0.15) is 0 Å². The van der Waals surface area contributed by atoms with Crippen LogP contribution in [-0.4, -0.2) is 33.9 Å². The van der Waals surface area contributed by atoms with Crippen LogP contribution in [0.1, 0.15) is 6.92 Å². The summed E-state index contributed by atoms with van der Waals surface area (Å²) in [5.41, 5.74) is 0. The van der Waals surface area contributed by atoms with Gasteiger partial charge < -0.3 is 0 Å². The molecule has 0 saturated heterocycles. The van der Waals surface area contributed by atoms with Gasteiger partial charge in [-0.05, 0) is 0 Å². The zero-order valence-corrected chi connectivity index (χ0v) is 22.2. The number of fused-ring (bicyclic) bond motifs is 8. The van der Waals surface area contributed by atoms with Crippen LogP contribution in [0.5, 0.6) is 0 Å². The normalized spacial score (nSPS) is 53.8. The Morgan fingerprint density at radius 3 is 1.36 bits per heavy atom. The van der Waals surface area contributed by atoms with Crippen molar-refractivity contribution >= 4 is 145 Å². The van der Waals surface area contributed by atoms with Crippen molar-refractivity contribution in [3.05, 3.63) is 20.1 Å². The van der Waals surface area contributed by atoms with Gasteiger partial charge in [0.15, 0.2) is 8.67 Å². The van der Waals surface area contributed by atoms with Crippen LogP contribution in [0.3, 0.4) is 0 Å². The molecule has 0 aromatic heterocycles. The zero-order valence-electron chi connectivity index (χ0n) is 13.2. The van der Waals surface area contributed by atoms with Crippen molar-refractivity contribution in [1.29, 1.82) is 0 Å². The number of alkyl halides is 8. The number of hydrogen-bond donors (Lipinski definition) is 0. The van der Waals surface area contributed by atoms with E-state index in [-0.39, 0.29) is 20.1 Å². The number of carbonyl (C=O) groups is 1. The predicted octanol–water partition coefficient (Wildman–Crippen LogP) is 8.12. The van der Waals surface area contributed by atoms with Crippen LogP contribution in [0, 0.1) is 17.8 Å². The van der Waals surface area contributed by atoms with Crippen LogP contribution in [0.25, 0.3) is 0 Å². The van der Waals surface area contributed by atoms with E-state index in [0.717, 1.165) is 0 Å². The van der Waals surface area contributed by atoms with E-state index < -0.39 is 51.7 Å². The molecule has 156 valence electrons. The second-order valence-electron chi connectivity index (χ2n) is 7.33. The number of Topliss-reactive ketones (excluding diaryl/α,β-unsaturated/α-hetero) is 1. The van der Waals surface area contributed by atoms with Gasteiger partial charge >= 0.3 is 0 Å². The molecule has 0 aliphatic heterocycles. The molecular formula is C15H6Cl12O. The van der Waals surface area contributed by atoms with Crippen molar-refractivity contribution in [3.8, 4) is 0 Å². The molecule has 2 fully saturated rings.